The lowest BCUT2D eigenvalue weighted by Crippen LogP contribution is -2.57. The van der Waals surface area contributed by atoms with E-state index in [9.17, 15) is 15.0 Å². The third kappa shape index (κ3) is 4.20. The molecule has 0 aromatic carbocycles. The highest BCUT2D eigenvalue weighted by Crippen LogP contribution is 2.38. The lowest BCUT2D eigenvalue weighted by molar-refractivity contribution is -0.167. The average Bonchev–Trinajstić information content (AvgIpc) is 2.63. The molecule has 2 aliphatic rings. The number of thioether (sulfide) groups is 1. The topological polar surface area (TPSA) is 141 Å². The van der Waals surface area contributed by atoms with Crippen molar-refractivity contribution in [2.75, 3.05) is 26.8 Å². The Morgan fingerprint density at radius 3 is 2.93 bits per heavy atom. The van der Waals surface area contributed by atoms with Gasteiger partial charge in [0.1, 0.15) is 23.3 Å². The van der Waals surface area contributed by atoms with E-state index in [-0.39, 0.29) is 11.6 Å². The SMILES string of the molecule is CO[C@H]1C(N=[N+]=[N-])[C@@H](O)C(CO)O[C@@H]1Sc1cc(Cl)cnc1C(=O)N1CCC1. The average molecular weight is 430 g/mol. The highest BCUT2D eigenvalue weighted by molar-refractivity contribution is 8.00. The number of hydrogen-bond donors (Lipinski definition) is 2. The molecular formula is C16H20ClN5O5S. The molecule has 2 unspecified atom stereocenters. The predicted octanol–water partition coefficient (Wildman–Crippen LogP) is 1.45. The number of pyridine rings is 1. The highest BCUT2D eigenvalue weighted by Gasteiger charge is 2.46. The smallest absolute Gasteiger partial charge is 0.273 e. The highest BCUT2D eigenvalue weighted by atomic mass is 35.5. The lowest BCUT2D eigenvalue weighted by Gasteiger charge is -2.41. The molecule has 5 atom stereocenters. The Morgan fingerprint density at radius 1 is 1.61 bits per heavy atom. The summed E-state index contributed by atoms with van der Waals surface area (Å²) in [5.41, 5.74) is 8.30. The lowest BCUT2D eigenvalue weighted by atomic mass is 9.98. The number of carbonyl (C=O) groups excluding carboxylic acids is 1. The van der Waals surface area contributed by atoms with Gasteiger partial charge in [-0.15, -0.1) is 0 Å². The first kappa shape index (κ1) is 21.1. The number of aromatic nitrogens is 1. The molecule has 1 aromatic heterocycles. The third-order valence-corrected chi connectivity index (χ3v) is 6.07. The zero-order chi connectivity index (χ0) is 20.3. The van der Waals surface area contributed by atoms with Crippen molar-refractivity contribution < 1.29 is 24.5 Å². The Labute approximate surface area is 170 Å². The molecule has 2 N–H and O–H groups in total. The minimum Gasteiger partial charge on any atom is -0.394 e. The molecule has 0 radical (unpaired) electrons. The van der Waals surface area contributed by atoms with E-state index in [0.717, 1.165) is 18.2 Å². The predicted molar refractivity (Wildman–Crippen MR) is 101 cm³/mol. The maximum Gasteiger partial charge on any atom is 0.273 e. The number of rotatable bonds is 6. The van der Waals surface area contributed by atoms with Crippen molar-refractivity contribution in [3.8, 4) is 0 Å². The van der Waals surface area contributed by atoms with Gasteiger partial charge >= 0.3 is 0 Å². The number of amides is 1. The number of likely N-dealkylation sites (tertiary alicyclic amines) is 1. The van der Waals surface area contributed by atoms with E-state index in [1.165, 1.54) is 13.3 Å². The Morgan fingerprint density at radius 2 is 2.36 bits per heavy atom. The first-order valence-electron chi connectivity index (χ1n) is 8.63. The summed E-state index contributed by atoms with van der Waals surface area (Å²) in [5, 5.41) is 23.8. The second-order valence-electron chi connectivity index (χ2n) is 6.38. The number of azide groups is 1. The first-order valence-corrected chi connectivity index (χ1v) is 9.88. The van der Waals surface area contributed by atoms with Gasteiger partial charge in [-0.05, 0) is 18.0 Å². The zero-order valence-electron chi connectivity index (χ0n) is 15.0. The standard InChI is InChI=1S/C16H20ClN5O5S/c1-26-14-12(20-21-18)13(24)9(7-23)27-16(14)28-10-5-8(17)6-19-11(10)15(25)22-3-2-4-22/h5-6,9,12-14,16,23-24H,2-4,7H2,1H3/t9?,12?,13-,14-,16+/m0/s1. The number of nitrogens with zero attached hydrogens (tertiary/aromatic N) is 5. The number of aliphatic hydroxyl groups is 2. The van der Waals surface area contributed by atoms with Gasteiger partial charge in [-0.2, -0.15) is 0 Å². The van der Waals surface area contributed by atoms with Gasteiger partial charge in [0.25, 0.3) is 5.91 Å². The van der Waals surface area contributed by atoms with Crippen molar-refractivity contribution in [2.45, 2.75) is 41.1 Å². The van der Waals surface area contributed by atoms with Crippen molar-refractivity contribution >= 4 is 29.3 Å². The molecule has 0 aliphatic carbocycles. The van der Waals surface area contributed by atoms with E-state index in [1.807, 2.05) is 0 Å². The van der Waals surface area contributed by atoms with Crippen LogP contribution in [-0.2, 0) is 9.47 Å². The maximum atomic E-state index is 12.7. The maximum absolute atomic E-state index is 12.7. The van der Waals surface area contributed by atoms with E-state index in [2.05, 4.69) is 15.0 Å². The minimum atomic E-state index is -1.23. The van der Waals surface area contributed by atoms with Crippen molar-refractivity contribution in [2.24, 2.45) is 5.11 Å². The Bertz CT molecular complexity index is 776. The fourth-order valence-corrected chi connectivity index (χ4v) is 4.58. The van der Waals surface area contributed by atoms with Crippen LogP contribution in [0.25, 0.3) is 10.4 Å². The number of ether oxygens (including phenoxy) is 2. The molecule has 10 nitrogen and oxygen atoms in total. The molecule has 0 bridgehead atoms. The van der Waals surface area contributed by atoms with Crippen LogP contribution in [0, 0.1) is 0 Å². The van der Waals surface area contributed by atoms with Crippen molar-refractivity contribution in [3.63, 3.8) is 0 Å². The summed E-state index contributed by atoms with van der Waals surface area (Å²) in [6.45, 7) is 0.872. The summed E-state index contributed by atoms with van der Waals surface area (Å²) in [7, 11) is 1.40. The molecule has 0 spiro atoms. The summed E-state index contributed by atoms with van der Waals surface area (Å²) in [5.74, 6) is -0.208. The summed E-state index contributed by atoms with van der Waals surface area (Å²) >= 11 is 7.20. The number of aliphatic hydroxyl groups excluding tert-OH is 2. The van der Waals surface area contributed by atoms with E-state index in [1.54, 1.807) is 11.0 Å². The Balaban J connectivity index is 1.91. The van der Waals surface area contributed by atoms with Gasteiger partial charge < -0.3 is 24.6 Å². The van der Waals surface area contributed by atoms with Crippen LogP contribution in [0.4, 0.5) is 0 Å². The van der Waals surface area contributed by atoms with Crippen LogP contribution in [0.2, 0.25) is 5.02 Å². The monoisotopic (exact) mass is 429 g/mol. The number of hydrogen-bond acceptors (Lipinski definition) is 8. The van der Waals surface area contributed by atoms with Crippen molar-refractivity contribution in [1.82, 2.24) is 9.88 Å². The van der Waals surface area contributed by atoms with E-state index >= 15 is 0 Å². The number of methoxy groups -OCH3 is 1. The van der Waals surface area contributed by atoms with E-state index < -0.39 is 36.4 Å². The molecule has 2 fully saturated rings. The molecule has 3 heterocycles. The molecule has 12 heteroatoms. The fourth-order valence-electron chi connectivity index (χ4n) is 3.06. The van der Waals surface area contributed by atoms with Gasteiger partial charge in [0, 0.05) is 36.2 Å². The minimum absolute atomic E-state index is 0.208. The number of halogens is 1. The van der Waals surface area contributed by atoms with Crippen LogP contribution < -0.4 is 0 Å². The van der Waals surface area contributed by atoms with Gasteiger partial charge in [0.2, 0.25) is 0 Å². The summed E-state index contributed by atoms with van der Waals surface area (Å²) in [6.07, 6.45) is -0.673. The van der Waals surface area contributed by atoms with Gasteiger partial charge in [0.05, 0.1) is 23.8 Å². The van der Waals surface area contributed by atoms with Gasteiger partial charge in [-0.3, -0.25) is 4.79 Å². The largest absolute Gasteiger partial charge is 0.394 e. The van der Waals surface area contributed by atoms with E-state index in [0.29, 0.717) is 23.0 Å². The molecule has 1 amide bonds. The van der Waals surface area contributed by atoms with Crippen LogP contribution in [0.5, 0.6) is 0 Å². The second-order valence-corrected chi connectivity index (χ2v) is 7.95. The second kappa shape index (κ2) is 9.27. The van der Waals surface area contributed by atoms with Crippen LogP contribution in [0.3, 0.4) is 0 Å². The Hall–Kier alpha value is -1.59. The normalized spacial score (nSPS) is 29.7. The zero-order valence-corrected chi connectivity index (χ0v) is 16.6. The molecule has 0 saturated carbocycles. The Kier molecular flexibility index (Phi) is 7.00. The van der Waals surface area contributed by atoms with Crippen molar-refractivity contribution in [1.29, 1.82) is 0 Å². The fraction of sp³-hybridized carbons (Fsp3) is 0.625. The van der Waals surface area contributed by atoms with Crippen LogP contribution in [-0.4, -0.2) is 82.6 Å². The summed E-state index contributed by atoms with van der Waals surface area (Å²) in [4.78, 5) is 21.8. The molecule has 152 valence electrons. The van der Waals surface area contributed by atoms with Crippen LogP contribution in [0.15, 0.2) is 22.3 Å². The molecular weight excluding hydrogens is 410 g/mol. The molecule has 2 aliphatic heterocycles. The van der Waals surface area contributed by atoms with Gasteiger partial charge in [0.15, 0.2) is 0 Å². The molecule has 28 heavy (non-hydrogen) atoms. The summed E-state index contributed by atoms with van der Waals surface area (Å²) < 4.78 is 11.2. The van der Waals surface area contributed by atoms with Crippen molar-refractivity contribution in [3.05, 3.63) is 33.4 Å². The van der Waals surface area contributed by atoms with E-state index in [4.69, 9.17) is 26.6 Å². The van der Waals surface area contributed by atoms with Crippen LogP contribution in [0.1, 0.15) is 16.9 Å². The quantitative estimate of drug-likeness (QED) is 0.396. The molecule has 2 saturated heterocycles. The van der Waals surface area contributed by atoms with Gasteiger partial charge in [-0.1, -0.05) is 28.5 Å². The molecule has 1 aromatic rings. The van der Waals surface area contributed by atoms with Crippen LogP contribution >= 0.6 is 23.4 Å². The third-order valence-electron chi connectivity index (χ3n) is 4.69. The molecule has 3 rings (SSSR count). The first-order chi connectivity index (χ1) is 13.5. The van der Waals surface area contributed by atoms with Gasteiger partial charge in [-0.25, -0.2) is 4.98 Å². The number of carbonyl (C=O) groups is 1. The summed E-state index contributed by atoms with van der Waals surface area (Å²) in [6, 6.07) is 0.629.